The van der Waals surface area contributed by atoms with Crippen molar-refractivity contribution in [3.8, 4) is 11.5 Å². The van der Waals surface area contributed by atoms with E-state index in [-0.39, 0.29) is 18.2 Å². The summed E-state index contributed by atoms with van der Waals surface area (Å²) in [5, 5.41) is 2.46. The number of aldehydes is 1. The van der Waals surface area contributed by atoms with Gasteiger partial charge in [0.2, 0.25) is 6.23 Å². The largest absolute Gasteiger partial charge is 0.573 e. The number of halogens is 3. The van der Waals surface area contributed by atoms with Crippen molar-refractivity contribution < 1.29 is 41.4 Å². The number of aromatic nitrogens is 1. The monoisotopic (exact) mass is 360 g/mol. The van der Waals surface area contributed by atoms with Crippen molar-refractivity contribution in [3.63, 3.8) is 0 Å². The molecule has 0 aliphatic rings. The molecule has 1 N–H and O–H groups in total. The fraction of sp³-hybridized carbons (Fsp3) is 0.214. The summed E-state index contributed by atoms with van der Waals surface area (Å²) in [5.41, 5.74) is -0.0503. The number of nitrogens with zero attached hydrogens (tertiary/aromatic N) is 1. The first-order valence-electron chi connectivity index (χ1n) is 6.64. The Morgan fingerprint density at radius 3 is 2.52 bits per heavy atom. The van der Waals surface area contributed by atoms with Crippen molar-refractivity contribution in [2.75, 3.05) is 6.73 Å². The van der Waals surface area contributed by atoms with E-state index in [4.69, 9.17) is 9.47 Å². The highest BCUT2D eigenvalue weighted by molar-refractivity contribution is 5.86. The number of benzene rings is 1. The molecule has 1 unspecified atom stereocenters. The summed E-state index contributed by atoms with van der Waals surface area (Å²) in [6, 6.07) is 4.41. The molecule has 134 valence electrons. The minimum absolute atomic E-state index is 0.0503. The average Bonchev–Trinajstić information content (AvgIpc) is 3.08. The minimum atomic E-state index is -4.80. The number of hydrogen-bond donors (Lipinski definition) is 1. The molecule has 1 aromatic carbocycles. The van der Waals surface area contributed by atoms with E-state index >= 15 is 0 Å². The summed E-state index contributed by atoms with van der Waals surface area (Å²) in [7, 11) is 0. The van der Waals surface area contributed by atoms with E-state index in [1.165, 1.54) is 12.1 Å². The van der Waals surface area contributed by atoms with Crippen LogP contribution in [0.4, 0.5) is 13.2 Å². The number of esters is 1. The molecule has 0 spiro atoms. The summed E-state index contributed by atoms with van der Waals surface area (Å²) < 4.78 is 54.4. The number of alkyl halides is 3. The lowest BCUT2D eigenvalue weighted by molar-refractivity contribution is -0.274. The van der Waals surface area contributed by atoms with Crippen LogP contribution in [0, 0.1) is 0 Å². The predicted octanol–water partition coefficient (Wildman–Crippen LogP) is 1.88. The van der Waals surface area contributed by atoms with Crippen LogP contribution in [-0.4, -0.2) is 36.6 Å². The fourth-order valence-corrected chi connectivity index (χ4v) is 1.56. The van der Waals surface area contributed by atoms with Crippen LogP contribution >= 0.6 is 0 Å². The highest BCUT2D eigenvalue weighted by atomic mass is 19.4. The van der Waals surface area contributed by atoms with Crippen molar-refractivity contribution in [2.24, 2.45) is 0 Å². The van der Waals surface area contributed by atoms with Crippen LogP contribution in [0.2, 0.25) is 0 Å². The summed E-state index contributed by atoms with van der Waals surface area (Å²) >= 11 is 0. The highest BCUT2D eigenvalue weighted by Crippen LogP contribution is 2.24. The van der Waals surface area contributed by atoms with Gasteiger partial charge in [0.1, 0.15) is 24.5 Å². The first-order chi connectivity index (χ1) is 11.9. The Kier molecular flexibility index (Phi) is 5.95. The molecule has 1 aromatic heterocycles. The maximum Gasteiger partial charge on any atom is 0.573 e. The van der Waals surface area contributed by atoms with Gasteiger partial charge in [-0.2, -0.15) is 0 Å². The molecule has 0 aliphatic carbocycles. The lowest BCUT2D eigenvalue weighted by Crippen LogP contribution is -2.38. The Labute approximate surface area is 138 Å². The Morgan fingerprint density at radius 2 is 1.96 bits per heavy atom. The maximum absolute atomic E-state index is 12.1. The number of oxazole rings is 1. The van der Waals surface area contributed by atoms with Gasteiger partial charge in [0.15, 0.2) is 18.4 Å². The van der Waals surface area contributed by atoms with Gasteiger partial charge in [-0.15, -0.1) is 13.2 Å². The van der Waals surface area contributed by atoms with Crippen LogP contribution in [0.25, 0.3) is 0 Å². The van der Waals surface area contributed by atoms with Gasteiger partial charge in [-0.1, -0.05) is 0 Å². The van der Waals surface area contributed by atoms with E-state index in [0.717, 1.165) is 24.8 Å². The molecule has 8 nitrogen and oxygen atoms in total. The minimum Gasteiger partial charge on any atom is -0.468 e. The smallest absolute Gasteiger partial charge is 0.468 e. The molecule has 0 amide bonds. The second-order valence-electron chi connectivity index (χ2n) is 4.35. The summed E-state index contributed by atoms with van der Waals surface area (Å²) in [4.78, 5) is 26.0. The zero-order valence-corrected chi connectivity index (χ0v) is 12.4. The van der Waals surface area contributed by atoms with Crippen LogP contribution in [0.1, 0.15) is 10.5 Å². The first-order valence-corrected chi connectivity index (χ1v) is 6.64. The molecule has 25 heavy (non-hydrogen) atoms. The SMILES string of the molecule is O=CC(NCOC(=O)c1cocn1)Oc1ccc(OC(F)(F)F)cc1. The lowest BCUT2D eigenvalue weighted by Gasteiger charge is -2.15. The van der Waals surface area contributed by atoms with Crippen LogP contribution in [0.15, 0.2) is 41.3 Å². The Bertz CT molecular complexity index is 688. The van der Waals surface area contributed by atoms with Gasteiger partial charge in [-0.05, 0) is 24.3 Å². The molecule has 0 saturated carbocycles. The number of ether oxygens (including phenoxy) is 3. The molecule has 0 bridgehead atoms. The average molecular weight is 360 g/mol. The Balaban J connectivity index is 1.81. The fourth-order valence-electron chi connectivity index (χ4n) is 1.56. The Morgan fingerprint density at radius 1 is 1.28 bits per heavy atom. The van der Waals surface area contributed by atoms with Crippen molar-refractivity contribution in [1.82, 2.24) is 10.3 Å². The van der Waals surface area contributed by atoms with Gasteiger partial charge in [0.05, 0.1) is 0 Å². The van der Waals surface area contributed by atoms with Gasteiger partial charge in [-0.25, -0.2) is 15.1 Å². The van der Waals surface area contributed by atoms with Crippen molar-refractivity contribution in [2.45, 2.75) is 12.6 Å². The van der Waals surface area contributed by atoms with E-state index in [0.29, 0.717) is 6.29 Å². The van der Waals surface area contributed by atoms with E-state index in [9.17, 15) is 22.8 Å². The zero-order chi connectivity index (χ0) is 18.3. The second-order valence-corrected chi connectivity index (χ2v) is 4.35. The van der Waals surface area contributed by atoms with Crippen LogP contribution < -0.4 is 14.8 Å². The quantitative estimate of drug-likeness (QED) is 0.433. The molecule has 0 saturated heterocycles. The second kappa shape index (κ2) is 8.15. The van der Waals surface area contributed by atoms with Gasteiger partial charge >= 0.3 is 12.3 Å². The van der Waals surface area contributed by atoms with Gasteiger partial charge in [0.25, 0.3) is 0 Å². The third kappa shape index (κ3) is 6.14. The molecule has 0 radical (unpaired) electrons. The maximum atomic E-state index is 12.1. The summed E-state index contributed by atoms with van der Waals surface area (Å²) in [6.45, 7) is -0.371. The lowest BCUT2D eigenvalue weighted by atomic mass is 10.3. The van der Waals surface area contributed by atoms with Crippen LogP contribution in [0.3, 0.4) is 0 Å². The van der Waals surface area contributed by atoms with E-state index < -0.39 is 24.3 Å². The van der Waals surface area contributed by atoms with Gasteiger partial charge < -0.3 is 18.6 Å². The van der Waals surface area contributed by atoms with Crippen molar-refractivity contribution >= 4 is 12.3 Å². The third-order valence-electron chi connectivity index (χ3n) is 2.57. The van der Waals surface area contributed by atoms with E-state index in [1.807, 2.05) is 0 Å². The van der Waals surface area contributed by atoms with Crippen LogP contribution in [0.5, 0.6) is 11.5 Å². The Hall–Kier alpha value is -3.08. The number of nitrogens with one attached hydrogen (secondary N) is 1. The van der Waals surface area contributed by atoms with E-state index in [2.05, 4.69) is 19.5 Å². The number of rotatable bonds is 8. The molecule has 2 aromatic rings. The number of carbonyl (C=O) groups is 2. The molecule has 0 fully saturated rings. The first kappa shape index (κ1) is 18.3. The molecule has 0 aliphatic heterocycles. The van der Waals surface area contributed by atoms with Gasteiger partial charge in [-0.3, -0.25) is 4.79 Å². The summed E-state index contributed by atoms with van der Waals surface area (Å²) in [6.07, 6.45) is -3.49. The molecule has 1 atom stereocenters. The molecular weight excluding hydrogens is 349 g/mol. The number of hydrogen-bond acceptors (Lipinski definition) is 8. The molecule has 11 heteroatoms. The topological polar surface area (TPSA) is 99.9 Å². The van der Waals surface area contributed by atoms with Crippen LogP contribution in [-0.2, 0) is 9.53 Å². The molecule has 2 rings (SSSR count). The van der Waals surface area contributed by atoms with Crippen molar-refractivity contribution in [1.29, 1.82) is 0 Å². The normalized spacial score (nSPS) is 12.3. The predicted molar refractivity (Wildman–Crippen MR) is 73.5 cm³/mol. The summed E-state index contributed by atoms with van der Waals surface area (Å²) in [5.74, 6) is -1.11. The standard InChI is InChI=1S/C14H11F3N2O6/c15-14(16,17)25-10-3-1-9(2-4-10)24-12(5-20)19-8-23-13(21)11-6-22-7-18-11/h1-7,12,19H,8H2. The zero-order valence-electron chi connectivity index (χ0n) is 12.4. The number of carbonyl (C=O) groups excluding carboxylic acids is 2. The highest BCUT2D eigenvalue weighted by Gasteiger charge is 2.31. The van der Waals surface area contributed by atoms with Gasteiger partial charge in [0, 0.05) is 0 Å². The third-order valence-corrected chi connectivity index (χ3v) is 2.57. The van der Waals surface area contributed by atoms with Crippen molar-refractivity contribution in [3.05, 3.63) is 42.6 Å². The molecule has 1 heterocycles. The van der Waals surface area contributed by atoms with E-state index in [1.54, 1.807) is 0 Å². The molecular formula is C14H11F3N2O6.